The smallest absolute Gasteiger partial charge is 0.335 e. The van der Waals surface area contributed by atoms with Gasteiger partial charge in [-0.3, -0.25) is 4.79 Å². The van der Waals surface area contributed by atoms with Gasteiger partial charge in [-0.1, -0.05) is 30.3 Å². The molecule has 4 N–H and O–H groups in total. The molecule has 4 rings (SSSR count). The van der Waals surface area contributed by atoms with Crippen molar-refractivity contribution >= 4 is 16.9 Å². The zero-order valence-electron chi connectivity index (χ0n) is 18.8. The van der Waals surface area contributed by atoms with E-state index in [0.29, 0.717) is 18.6 Å². The normalized spacial score (nSPS) is 11.8. The minimum Gasteiger partial charge on any atom is -0.478 e. The second kappa shape index (κ2) is 8.69. The van der Waals surface area contributed by atoms with Crippen LogP contribution in [-0.2, 0) is 25.7 Å². The van der Waals surface area contributed by atoms with Crippen LogP contribution in [-0.4, -0.2) is 25.7 Å². The Balaban J connectivity index is 1.61. The van der Waals surface area contributed by atoms with Crippen LogP contribution in [0.5, 0.6) is 0 Å². The lowest BCUT2D eigenvalue weighted by Crippen LogP contribution is -2.17. The van der Waals surface area contributed by atoms with Crippen LogP contribution < -0.4 is 10.9 Å². The van der Waals surface area contributed by atoms with E-state index >= 15 is 0 Å². The third-order valence-corrected chi connectivity index (χ3v) is 5.75. The largest absolute Gasteiger partial charge is 0.478 e. The lowest BCUT2D eigenvalue weighted by atomic mass is 9.94. The molecule has 0 spiro atoms. The highest BCUT2D eigenvalue weighted by molar-refractivity contribution is 5.95. The van der Waals surface area contributed by atoms with Gasteiger partial charge >= 0.3 is 5.97 Å². The molecule has 2 aromatic heterocycles. The molecule has 0 saturated heterocycles. The SMILES string of the molecule is Cn1cc(-c2cccc(C(C)(C)O)c2)c2cc(CNCc3ccc(C(=O)O)cc3)[nH]c2c1=O. The number of carboxylic acid groups (broad SMARTS) is 1. The Kier molecular flexibility index (Phi) is 5.93. The van der Waals surface area contributed by atoms with Crippen molar-refractivity contribution in [3.63, 3.8) is 0 Å². The monoisotopic (exact) mass is 445 g/mol. The summed E-state index contributed by atoms with van der Waals surface area (Å²) < 4.78 is 1.56. The van der Waals surface area contributed by atoms with Crippen LogP contribution in [0.2, 0.25) is 0 Å². The van der Waals surface area contributed by atoms with E-state index in [1.54, 1.807) is 49.7 Å². The van der Waals surface area contributed by atoms with Crippen LogP contribution in [0.1, 0.15) is 41.0 Å². The molecule has 0 atom stereocenters. The number of hydrogen-bond acceptors (Lipinski definition) is 4. The van der Waals surface area contributed by atoms with Gasteiger partial charge in [0.2, 0.25) is 0 Å². The zero-order valence-corrected chi connectivity index (χ0v) is 18.8. The average molecular weight is 446 g/mol. The Bertz CT molecular complexity index is 1380. The van der Waals surface area contributed by atoms with Crippen molar-refractivity contribution in [3.05, 3.63) is 93.5 Å². The number of fused-ring (bicyclic) bond motifs is 1. The number of carbonyl (C=O) groups is 1. The predicted octanol–water partition coefficient (Wildman–Crippen LogP) is 3.75. The first-order chi connectivity index (χ1) is 15.6. The first kappa shape index (κ1) is 22.5. The third kappa shape index (κ3) is 4.74. The highest BCUT2D eigenvalue weighted by atomic mass is 16.4. The molecule has 4 aromatic rings. The Labute approximate surface area is 191 Å². The number of nitrogens with zero attached hydrogens (tertiary/aromatic N) is 1. The summed E-state index contributed by atoms with van der Waals surface area (Å²) in [6.45, 7) is 4.57. The number of aromatic amines is 1. The summed E-state index contributed by atoms with van der Waals surface area (Å²) >= 11 is 0. The first-order valence-corrected chi connectivity index (χ1v) is 10.7. The van der Waals surface area contributed by atoms with E-state index in [1.807, 2.05) is 36.5 Å². The molecule has 0 saturated carbocycles. The quantitative estimate of drug-likeness (QED) is 0.347. The number of benzene rings is 2. The van der Waals surface area contributed by atoms with E-state index in [4.69, 9.17) is 5.11 Å². The van der Waals surface area contributed by atoms with Gasteiger partial charge in [0.05, 0.1) is 11.2 Å². The van der Waals surface area contributed by atoms with Gasteiger partial charge in [0.1, 0.15) is 5.52 Å². The number of pyridine rings is 1. The maximum atomic E-state index is 12.8. The van der Waals surface area contributed by atoms with Crippen LogP contribution in [0.4, 0.5) is 0 Å². The van der Waals surface area contributed by atoms with Gasteiger partial charge in [0, 0.05) is 43.0 Å². The number of aryl methyl sites for hydroxylation is 1. The fraction of sp³-hybridized carbons (Fsp3) is 0.231. The van der Waals surface area contributed by atoms with E-state index in [9.17, 15) is 14.7 Å². The van der Waals surface area contributed by atoms with E-state index < -0.39 is 11.6 Å². The highest BCUT2D eigenvalue weighted by Gasteiger charge is 2.18. The average Bonchev–Trinajstić information content (AvgIpc) is 3.20. The number of carboxylic acids is 1. The van der Waals surface area contributed by atoms with Gasteiger partial charge in [-0.15, -0.1) is 0 Å². The van der Waals surface area contributed by atoms with Gasteiger partial charge in [0.15, 0.2) is 0 Å². The Hall–Kier alpha value is -3.68. The fourth-order valence-electron chi connectivity index (χ4n) is 3.89. The molecule has 7 heteroatoms. The molecule has 170 valence electrons. The Morgan fingerprint density at radius 2 is 1.82 bits per heavy atom. The maximum Gasteiger partial charge on any atom is 0.335 e. The molecular formula is C26H27N3O4. The molecule has 2 heterocycles. The summed E-state index contributed by atoms with van der Waals surface area (Å²) in [5.41, 5.74) is 4.18. The van der Waals surface area contributed by atoms with Gasteiger partial charge in [-0.05, 0) is 54.8 Å². The maximum absolute atomic E-state index is 12.8. The zero-order chi connectivity index (χ0) is 23.8. The molecule has 0 aliphatic heterocycles. The minimum absolute atomic E-state index is 0.108. The van der Waals surface area contributed by atoms with Crippen molar-refractivity contribution < 1.29 is 15.0 Å². The summed E-state index contributed by atoms with van der Waals surface area (Å²) in [6, 6.07) is 16.4. The molecule has 0 unspecified atom stereocenters. The van der Waals surface area contributed by atoms with Crippen LogP contribution in [0, 0.1) is 0 Å². The molecule has 7 nitrogen and oxygen atoms in total. The van der Waals surface area contributed by atoms with Crippen molar-refractivity contribution in [2.24, 2.45) is 7.05 Å². The summed E-state index contributed by atoms with van der Waals surface area (Å²) in [7, 11) is 1.73. The molecular weight excluding hydrogens is 418 g/mol. The number of rotatable bonds is 7. The Morgan fingerprint density at radius 1 is 1.09 bits per heavy atom. The minimum atomic E-state index is -0.967. The summed E-state index contributed by atoms with van der Waals surface area (Å²) in [6.07, 6.45) is 1.82. The van der Waals surface area contributed by atoms with Crippen LogP contribution in [0.15, 0.2) is 65.6 Å². The summed E-state index contributed by atoms with van der Waals surface area (Å²) in [5.74, 6) is -0.946. The molecule has 0 aliphatic carbocycles. The topological polar surface area (TPSA) is 107 Å². The highest BCUT2D eigenvalue weighted by Crippen LogP contribution is 2.30. The van der Waals surface area contributed by atoms with Gasteiger partial charge in [-0.2, -0.15) is 0 Å². The summed E-state index contributed by atoms with van der Waals surface area (Å²) in [4.78, 5) is 27.0. The van der Waals surface area contributed by atoms with Gasteiger partial charge in [0.25, 0.3) is 5.56 Å². The van der Waals surface area contributed by atoms with Crippen LogP contribution in [0.3, 0.4) is 0 Å². The van der Waals surface area contributed by atoms with Crippen molar-refractivity contribution in [1.82, 2.24) is 14.9 Å². The molecule has 0 radical (unpaired) electrons. The van der Waals surface area contributed by atoms with E-state index in [0.717, 1.165) is 33.3 Å². The lowest BCUT2D eigenvalue weighted by Gasteiger charge is -2.19. The summed E-state index contributed by atoms with van der Waals surface area (Å²) in [5, 5.41) is 23.6. The number of aliphatic hydroxyl groups is 1. The molecule has 0 fully saturated rings. The van der Waals surface area contributed by atoms with E-state index in [-0.39, 0.29) is 11.1 Å². The number of H-pyrrole nitrogens is 1. The van der Waals surface area contributed by atoms with Crippen LogP contribution >= 0.6 is 0 Å². The number of aromatic nitrogens is 2. The Morgan fingerprint density at radius 3 is 2.48 bits per heavy atom. The van der Waals surface area contributed by atoms with E-state index in [1.165, 1.54) is 0 Å². The second-order valence-corrected chi connectivity index (χ2v) is 8.79. The number of hydrogen-bond donors (Lipinski definition) is 4. The van der Waals surface area contributed by atoms with Gasteiger partial charge < -0.3 is 25.1 Å². The second-order valence-electron chi connectivity index (χ2n) is 8.79. The number of nitrogens with one attached hydrogen (secondary N) is 2. The standard InChI is InChI=1S/C26H27N3O4/c1-26(2,33)19-6-4-5-18(11-19)22-15-29(3)24(30)23-21(22)12-20(28-23)14-27-13-16-7-9-17(10-8-16)25(31)32/h4-12,15,27-28,33H,13-14H2,1-3H3,(H,31,32). The van der Waals surface area contributed by atoms with Crippen LogP contribution in [0.25, 0.3) is 22.0 Å². The van der Waals surface area contributed by atoms with Gasteiger partial charge in [-0.25, -0.2) is 4.79 Å². The molecule has 0 aliphatic rings. The van der Waals surface area contributed by atoms with E-state index in [2.05, 4.69) is 10.3 Å². The lowest BCUT2D eigenvalue weighted by molar-refractivity contribution is 0.0696. The van der Waals surface area contributed by atoms with Crippen molar-refractivity contribution in [2.45, 2.75) is 32.5 Å². The molecule has 2 aromatic carbocycles. The van der Waals surface area contributed by atoms with Crippen molar-refractivity contribution in [3.8, 4) is 11.1 Å². The predicted molar refractivity (Wildman–Crippen MR) is 128 cm³/mol. The number of aromatic carboxylic acids is 1. The molecule has 0 bridgehead atoms. The molecule has 33 heavy (non-hydrogen) atoms. The third-order valence-electron chi connectivity index (χ3n) is 5.75. The van der Waals surface area contributed by atoms with Crippen molar-refractivity contribution in [1.29, 1.82) is 0 Å². The molecule has 0 amide bonds. The van der Waals surface area contributed by atoms with Crippen molar-refractivity contribution in [2.75, 3.05) is 0 Å². The fourth-order valence-corrected chi connectivity index (χ4v) is 3.89. The first-order valence-electron chi connectivity index (χ1n) is 10.7.